The Balaban J connectivity index is 2.11. The zero-order valence-electron chi connectivity index (χ0n) is 6.89. The summed E-state index contributed by atoms with van der Waals surface area (Å²) in [5, 5.41) is 11.7. The molecule has 1 unspecified atom stereocenters. The molecule has 0 aliphatic heterocycles. The average Bonchev–Trinajstić information content (AvgIpc) is 1.82. The molecule has 0 heterocycles. The molecule has 10 heavy (non-hydrogen) atoms. The summed E-state index contributed by atoms with van der Waals surface area (Å²) in [6.45, 7) is 5.09. The second-order valence-electron chi connectivity index (χ2n) is 3.49. The van der Waals surface area contributed by atoms with E-state index in [4.69, 9.17) is 0 Å². The molecule has 1 saturated carbocycles. The third-order valence-electron chi connectivity index (χ3n) is 2.33. The van der Waals surface area contributed by atoms with Crippen LogP contribution in [0.15, 0.2) is 0 Å². The number of hydrogen-bond acceptors (Lipinski definition) is 1. The molecule has 2 nitrogen and oxygen atoms in total. The first-order valence-electron chi connectivity index (χ1n) is 4.26. The van der Waals surface area contributed by atoms with Gasteiger partial charge in [0.2, 0.25) is 0 Å². The Labute approximate surface area is 62.8 Å². The van der Waals surface area contributed by atoms with Crippen molar-refractivity contribution in [1.82, 2.24) is 0 Å². The zero-order valence-corrected chi connectivity index (χ0v) is 6.89. The van der Waals surface area contributed by atoms with E-state index < -0.39 is 0 Å². The normalized spacial score (nSPS) is 35.1. The van der Waals surface area contributed by atoms with Crippen molar-refractivity contribution >= 4 is 0 Å². The highest BCUT2D eigenvalue weighted by molar-refractivity contribution is 4.75. The third kappa shape index (κ3) is 1.70. The van der Waals surface area contributed by atoms with Crippen molar-refractivity contribution in [2.24, 2.45) is 5.92 Å². The maximum Gasteiger partial charge on any atom is 0.0877 e. The summed E-state index contributed by atoms with van der Waals surface area (Å²) in [5.41, 5.74) is 0. The van der Waals surface area contributed by atoms with Gasteiger partial charge in [0.05, 0.1) is 12.6 Å². The smallest absolute Gasteiger partial charge is 0.0877 e. The van der Waals surface area contributed by atoms with Gasteiger partial charge in [-0.25, -0.2) is 0 Å². The predicted molar refractivity (Wildman–Crippen MR) is 41.7 cm³/mol. The van der Waals surface area contributed by atoms with Gasteiger partial charge in [0, 0.05) is 12.8 Å². The Hall–Kier alpha value is -0.0800. The summed E-state index contributed by atoms with van der Waals surface area (Å²) in [7, 11) is 0. The molecule has 1 atom stereocenters. The molecule has 0 amide bonds. The lowest BCUT2D eigenvalue weighted by Crippen LogP contribution is -3.12. The topological polar surface area (TPSA) is 27.5 Å². The van der Waals surface area contributed by atoms with Crippen molar-refractivity contribution < 1.29 is 5.06 Å². The van der Waals surface area contributed by atoms with Gasteiger partial charge in [0.25, 0.3) is 0 Å². The van der Waals surface area contributed by atoms with Crippen LogP contribution >= 0.6 is 0 Å². The standard InChI is InChI=1S/C8H17NO/c1-3-4-9(10)8-5-7(2)6-8/h7-9H,3-6H2,1-2H3. The van der Waals surface area contributed by atoms with Gasteiger partial charge in [0.1, 0.15) is 0 Å². The zero-order chi connectivity index (χ0) is 7.56. The minimum Gasteiger partial charge on any atom is -0.634 e. The first-order valence-corrected chi connectivity index (χ1v) is 4.26. The van der Waals surface area contributed by atoms with E-state index in [9.17, 15) is 5.21 Å². The van der Waals surface area contributed by atoms with Crippen molar-refractivity contribution in [2.45, 2.75) is 39.2 Å². The number of hydroxylamine groups is 2. The molecule has 1 N–H and O–H groups in total. The van der Waals surface area contributed by atoms with Gasteiger partial charge in [-0.1, -0.05) is 13.8 Å². The van der Waals surface area contributed by atoms with Gasteiger partial charge < -0.3 is 10.3 Å². The average molecular weight is 143 g/mol. The molecule has 1 fully saturated rings. The lowest BCUT2D eigenvalue weighted by Gasteiger charge is -2.40. The summed E-state index contributed by atoms with van der Waals surface area (Å²) in [6.07, 6.45) is 3.32. The van der Waals surface area contributed by atoms with Crippen LogP contribution < -0.4 is 5.06 Å². The third-order valence-corrected chi connectivity index (χ3v) is 2.33. The summed E-state index contributed by atoms with van der Waals surface area (Å²) in [6, 6.07) is 0.440. The molecule has 0 bridgehead atoms. The SMILES string of the molecule is CCC[NH+]([O-])C1CC(C)C1. The highest BCUT2D eigenvalue weighted by Crippen LogP contribution is 2.23. The first kappa shape index (κ1) is 8.02. The van der Waals surface area contributed by atoms with E-state index in [1.807, 2.05) is 0 Å². The molecule has 0 saturated heterocycles. The van der Waals surface area contributed by atoms with Crippen LogP contribution in [0.1, 0.15) is 33.1 Å². The van der Waals surface area contributed by atoms with Crippen LogP contribution in [0.5, 0.6) is 0 Å². The lowest BCUT2D eigenvalue weighted by molar-refractivity contribution is -0.883. The van der Waals surface area contributed by atoms with Crippen LogP contribution in [0.2, 0.25) is 0 Å². The Kier molecular flexibility index (Phi) is 2.69. The van der Waals surface area contributed by atoms with E-state index in [1.165, 1.54) is 0 Å². The molecule has 1 rings (SSSR count). The van der Waals surface area contributed by atoms with E-state index in [0.29, 0.717) is 11.1 Å². The first-order chi connectivity index (χ1) is 4.74. The maximum atomic E-state index is 11.2. The van der Waals surface area contributed by atoms with E-state index in [0.717, 1.165) is 31.7 Å². The van der Waals surface area contributed by atoms with Crippen molar-refractivity contribution in [2.75, 3.05) is 6.54 Å². The van der Waals surface area contributed by atoms with Gasteiger partial charge in [-0.3, -0.25) is 0 Å². The Morgan fingerprint density at radius 3 is 2.50 bits per heavy atom. The minimum atomic E-state index is 0.440. The fraction of sp³-hybridized carbons (Fsp3) is 1.00. The molecule has 0 spiro atoms. The van der Waals surface area contributed by atoms with Crippen LogP contribution in [0.4, 0.5) is 0 Å². The highest BCUT2D eigenvalue weighted by atomic mass is 16.5. The second kappa shape index (κ2) is 3.35. The quantitative estimate of drug-likeness (QED) is 0.575. The molecule has 0 aromatic carbocycles. The Morgan fingerprint density at radius 2 is 2.10 bits per heavy atom. The van der Waals surface area contributed by atoms with Crippen LogP contribution in [0.25, 0.3) is 0 Å². The van der Waals surface area contributed by atoms with E-state index in [-0.39, 0.29) is 0 Å². The van der Waals surface area contributed by atoms with E-state index in [2.05, 4.69) is 13.8 Å². The van der Waals surface area contributed by atoms with Crippen LogP contribution in [0, 0.1) is 11.1 Å². The lowest BCUT2D eigenvalue weighted by atomic mass is 9.81. The Bertz CT molecular complexity index is 96.7. The minimum absolute atomic E-state index is 0.440. The van der Waals surface area contributed by atoms with Gasteiger partial charge in [-0.2, -0.15) is 0 Å². The maximum absolute atomic E-state index is 11.2. The van der Waals surface area contributed by atoms with Crippen LogP contribution in [-0.4, -0.2) is 12.6 Å². The van der Waals surface area contributed by atoms with Gasteiger partial charge in [0.15, 0.2) is 0 Å². The summed E-state index contributed by atoms with van der Waals surface area (Å²) >= 11 is 0. The fourth-order valence-corrected chi connectivity index (χ4v) is 1.62. The number of nitrogens with one attached hydrogen (secondary N) is 1. The molecular formula is C8H17NO. The molecule has 60 valence electrons. The molecular weight excluding hydrogens is 126 g/mol. The molecule has 0 radical (unpaired) electrons. The molecule has 0 aromatic rings. The van der Waals surface area contributed by atoms with Gasteiger partial charge >= 0.3 is 0 Å². The molecule has 1 aliphatic rings. The van der Waals surface area contributed by atoms with Crippen molar-refractivity contribution in [3.8, 4) is 0 Å². The second-order valence-corrected chi connectivity index (χ2v) is 3.49. The van der Waals surface area contributed by atoms with Crippen LogP contribution in [0.3, 0.4) is 0 Å². The Morgan fingerprint density at radius 1 is 1.50 bits per heavy atom. The predicted octanol–water partition coefficient (Wildman–Crippen LogP) is 0.578. The van der Waals surface area contributed by atoms with E-state index in [1.54, 1.807) is 0 Å². The molecule has 2 heteroatoms. The molecule has 1 aliphatic carbocycles. The summed E-state index contributed by atoms with van der Waals surface area (Å²) < 4.78 is 0. The fourth-order valence-electron chi connectivity index (χ4n) is 1.62. The number of hydrogen-bond donors (Lipinski definition) is 1. The largest absolute Gasteiger partial charge is 0.634 e. The van der Waals surface area contributed by atoms with Crippen LogP contribution in [-0.2, 0) is 0 Å². The van der Waals surface area contributed by atoms with Crippen molar-refractivity contribution in [1.29, 1.82) is 0 Å². The number of rotatable bonds is 3. The molecule has 0 aromatic heterocycles. The summed E-state index contributed by atoms with van der Waals surface area (Å²) in [4.78, 5) is 0. The summed E-state index contributed by atoms with van der Waals surface area (Å²) in [5.74, 6) is 0.811. The van der Waals surface area contributed by atoms with Crippen molar-refractivity contribution in [3.05, 3.63) is 5.21 Å². The van der Waals surface area contributed by atoms with Crippen molar-refractivity contribution in [3.63, 3.8) is 0 Å². The monoisotopic (exact) mass is 143 g/mol. The van der Waals surface area contributed by atoms with E-state index >= 15 is 0 Å². The van der Waals surface area contributed by atoms with Gasteiger partial charge in [-0.15, -0.1) is 0 Å². The number of quaternary nitrogens is 1. The van der Waals surface area contributed by atoms with Gasteiger partial charge in [-0.05, 0) is 12.3 Å². The highest BCUT2D eigenvalue weighted by Gasteiger charge is 2.29.